The third kappa shape index (κ3) is 5.24. The number of benzene rings is 2. The van der Waals surface area contributed by atoms with E-state index >= 15 is 0 Å². The zero-order valence-electron chi connectivity index (χ0n) is 17.8. The Bertz CT molecular complexity index is 918. The van der Waals surface area contributed by atoms with Gasteiger partial charge < -0.3 is 19.5 Å². The number of halogens is 3. The minimum Gasteiger partial charge on any atom is -0.493 e. The van der Waals surface area contributed by atoms with Gasteiger partial charge in [-0.25, -0.2) is 0 Å². The Hall–Kier alpha value is -2.90. The molecule has 1 N–H and O–H groups in total. The van der Waals surface area contributed by atoms with Crippen LogP contribution in [0.2, 0.25) is 0 Å². The molecule has 1 aliphatic carbocycles. The van der Waals surface area contributed by atoms with Gasteiger partial charge in [0.2, 0.25) is 11.7 Å². The molecule has 8 heteroatoms. The van der Waals surface area contributed by atoms with Gasteiger partial charge in [0, 0.05) is 0 Å². The van der Waals surface area contributed by atoms with E-state index in [1.54, 1.807) is 0 Å². The van der Waals surface area contributed by atoms with Crippen LogP contribution in [0.5, 0.6) is 17.2 Å². The summed E-state index contributed by atoms with van der Waals surface area (Å²) in [5.74, 6) is -0.382. The third-order valence-corrected chi connectivity index (χ3v) is 5.43. The Balaban J connectivity index is 1.84. The molecule has 0 bridgehead atoms. The molecule has 1 aliphatic rings. The molecule has 0 saturated carbocycles. The highest BCUT2D eigenvalue weighted by Crippen LogP contribution is 2.43. The normalized spacial score (nSPS) is 14.4. The number of nitrogens with one attached hydrogen (secondary N) is 1. The molecule has 0 aliphatic heterocycles. The van der Waals surface area contributed by atoms with Crippen LogP contribution in [0.15, 0.2) is 30.3 Å². The van der Waals surface area contributed by atoms with Crippen molar-refractivity contribution in [3.05, 3.63) is 52.6 Å². The van der Waals surface area contributed by atoms with Gasteiger partial charge in [-0.05, 0) is 60.1 Å². The van der Waals surface area contributed by atoms with E-state index in [-0.39, 0.29) is 29.2 Å². The van der Waals surface area contributed by atoms with E-state index in [9.17, 15) is 18.0 Å². The van der Waals surface area contributed by atoms with Crippen LogP contribution in [0.3, 0.4) is 0 Å². The predicted octanol–water partition coefficient (Wildman–Crippen LogP) is 4.55. The van der Waals surface area contributed by atoms with Crippen molar-refractivity contribution in [2.45, 2.75) is 44.3 Å². The molecular formula is C23H26F3NO4. The standard InChI is InChI=1S/C23H26F3NO4/c1-29-18-12-17(13-19(30-2)21(18)31-3)22(23(24,25)26)27-20(28)11-14-8-9-15-6-4-5-7-16(15)10-14/h8-10,12-13,22H,4-7,11H2,1-3H3,(H,27,28). The maximum Gasteiger partial charge on any atom is 0.412 e. The largest absolute Gasteiger partial charge is 0.493 e. The van der Waals surface area contributed by atoms with Crippen molar-refractivity contribution < 1.29 is 32.2 Å². The highest BCUT2D eigenvalue weighted by Gasteiger charge is 2.42. The first-order valence-electron chi connectivity index (χ1n) is 10.0. The lowest BCUT2D eigenvalue weighted by atomic mass is 9.90. The average Bonchev–Trinajstić information content (AvgIpc) is 2.75. The first-order valence-corrected chi connectivity index (χ1v) is 10.0. The first-order chi connectivity index (χ1) is 14.8. The zero-order chi connectivity index (χ0) is 22.6. The van der Waals surface area contributed by atoms with E-state index in [2.05, 4.69) is 5.32 Å². The molecule has 31 heavy (non-hydrogen) atoms. The SMILES string of the molecule is COc1cc(C(NC(=O)Cc2ccc3c(c2)CCCC3)C(F)(F)F)cc(OC)c1OC. The Morgan fingerprint density at radius 3 is 2.13 bits per heavy atom. The van der Waals surface area contributed by atoms with Crippen LogP contribution in [0.1, 0.15) is 41.1 Å². The number of aryl methyl sites for hydroxylation is 2. The molecule has 2 aromatic carbocycles. The zero-order valence-corrected chi connectivity index (χ0v) is 17.8. The molecule has 0 aromatic heterocycles. The predicted molar refractivity (Wildman–Crippen MR) is 110 cm³/mol. The maximum atomic E-state index is 13.9. The van der Waals surface area contributed by atoms with Gasteiger partial charge in [0.25, 0.3) is 0 Å². The Morgan fingerprint density at radius 1 is 0.968 bits per heavy atom. The maximum absolute atomic E-state index is 13.9. The number of fused-ring (bicyclic) bond motifs is 1. The van der Waals surface area contributed by atoms with Crippen LogP contribution in [0, 0.1) is 0 Å². The second-order valence-electron chi connectivity index (χ2n) is 7.49. The number of carbonyl (C=O) groups is 1. The molecule has 0 fully saturated rings. The van der Waals surface area contributed by atoms with E-state index in [0.29, 0.717) is 5.56 Å². The molecule has 5 nitrogen and oxygen atoms in total. The Labute approximate surface area is 179 Å². The minimum absolute atomic E-state index is 0.0787. The van der Waals surface area contributed by atoms with Crippen LogP contribution < -0.4 is 19.5 Å². The summed E-state index contributed by atoms with van der Waals surface area (Å²) in [6, 6.07) is 5.88. The van der Waals surface area contributed by atoms with Crippen LogP contribution in [-0.2, 0) is 24.1 Å². The molecule has 3 rings (SSSR count). The minimum atomic E-state index is -4.71. The monoisotopic (exact) mass is 437 g/mol. The van der Waals surface area contributed by atoms with Crippen LogP contribution in [0.25, 0.3) is 0 Å². The molecule has 1 atom stereocenters. The second kappa shape index (κ2) is 9.49. The molecule has 2 aromatic rings. The lowest BCUT2D eigenvalue weighted by Gasteiger charge is -2.24. The topological polar surface area (TPSA) is 56.8 Å². The van der Waals surface area contributed by atoms with Crippen molar-refractivity contribution in [2.75, 3.05) is 21.3 Å². The molecule has 168 valence electrons. The van der Waals surface area contributed by atoms with Crippen molar-refractivity contribution in [1.29, 1.82) is 0 Å². The van der Waals surface area contributed by atoms with Gasteiger partial charge >= 0.3 is 6.18 Å². The van der Waals surface area contributed by atoms with Gasteiger partial charge in [-0.1, -0.05) is 18.2 Å². The Morgan fingerprint density at radius 2 is 1.58 bits per heavy atom. The van der Waals surface area contributed by atoms with Gasteiger partial charge in [-0.3, -0.25) is 4.79 Å². The molecule has 0 heterocycles. The Kier molecular flexibility index (Phi) is 6.97. The number of alkyl halides is 3. The van der Waals surface area contributed by atoms with E-state index in [1.807, 2.05) is 18.2 Å². The van der Waals surface area contributed by atoms with Crippen molar-refractivity contribution in [3.8, 4) is 17.2 Å². The lowest BCUT2D eigenvalue weighted by Crippen LogP contribution is -2.39. The van der Waals surface area contributed by atoms with Crippen LogP contribution >= 0.6 is 0 Å². The molecule has 0 spiro atoms. The summed E-state index contributed by atoms with van der Waals surface area (Å²) in [5.41, 5.74) is 2.92. The molecule has 0 saturated heterocycles. The number of carbonyl (C=O) groups excluding carboxylic acids is 1. The summed E-state index contributed by atoms with van der Waals surface area (Å²) < 4.78 is 57.0. The van der Waals surface area contributed by atoms with Crippen LogP contribution in [-0.4, -0.2) is 33.4 Å². The number of hydrogen-bond acceptors (Lipinski definition) is 4. The van der Waals surface area contributed by atoms with Crippen molar-refractivity contribution in [3.63, 3.8) is 0 Å². The molecule has 0 radical (unpaired) electrons. The number of methoxy groups -OCH3 is 3. The van der Waals surface area contributed by atoms with Gasteiger partial charge in [0.15, 0.2) is 17.5 Å². The first kappa shape index (κ1) is 22.8. The fraction of sp³-hybridized carbons (Fsp3) is 0.435. The van der Waals surface area contributed by atoms with Gasteiger partial charge in [-0.15, -0.1) is 0 Å². The summed E-state index contributed by atoms with van der Waals surface area (Å²) in [4.78, 5) is 12.5. The molecular weight excluding hydrogens is 411 g/mol. The van der Waals surface area contributed by atoms with Crippen molar-refractivity contribution in [2.24, 2.45) is 0 Å². The molecule has 1 amide bonds. The van der Waals surface area contributed by atoms with Gasteiger partial charge in [0.1, 0.15) is 0 Å². The smallest absolute Gasteiger partial charge is 0.412 e. The summed E-state index contributed by atoms with van der Waals surface area (Å²) in [7, 11) is 4.00. The highest BCUT2D eigenvalue weighted by atomic mass is 19.4. The second-order valence-corrected chi connectivity index (χ2v) is 7.49. The van der Waals surface area contributed by atoms with E-state index in [4.69, 9.17) is 14.2 Å². The van der Waals surface area contributed by atoms with Gasteiger partial charge in [0.05, 0.1) is 27.8 Å². The number of hydrogen-bond donors (Lipinski definition) is 1. The van der Waals surface area contributed by atoms with Crippen molar-refractivity contribution >= 4 is 5.91 Å². The van der Waals surface area contributed by atoms with E-state index in [0.717, 1.165) is 25.7 Å². The van der Waals surface area contributed by atoms with E-state index < -0.39 is 18.1 Å². The number of ether oxygens (including phenoxy) is 3. The average molecular weight is 437 g/mol. The van der Waals surface area contributed by atoms with Gasteiger partial charge in [-0.2, -0.15) is 13.2 Å². The fourth-order valence-electron chi connectivity index (χ4n) is 3.92. The number of amides is 1. The summed E-state index contributed by atoms with van der Waals surface area (Å²) >= 11 is 0. The summed E-state index contributed by atoms with van der Waals surface area (Å²) in [5, 5.41) is 2.13. The third-order valence-electron chi connectivity index (χ3n) is 5.43. The molecule has 1 unspecified atom stereocenters. The van der Waals surface area contributed by atoms with Crippen LogP contribution in [0.4, 0.5) is 13.2 Å². The van der Waals surface area contributed by atoms with E-state index in [1.165, 1.54) is 44.6 Å². The summed E-state index contributed by atoms with van der Waals surface area (Å²) in [6.45, 7) is 0. The quantitative estimate of drug-likeness (QED) is 0.690. The fourth-order valence-corrected chi connectivity index (χ4v) is 3.92. The highest BCUT2D eigenvalue weighted by molar-refractivity contribution is 5.79. The number of rotatable bonds is 7. The lowest BCUT2D eigenvalue weighted by molar-refractivity contribution is -0.163. The van der Waals surface area contributed by atoms with Crippen molar-refractivity contribution in [1.82, 2.24) is 5.32 Å². The summed E-state index contributed by atoms with van der Waals surface area (Å²) in [6.07, 6.45) is -0.699.